The Bertz CT molecular complexity index is 1420. The highest BCUT2D eigenvalue weighted by atomic mass is 16.5. The number of likely N-dealkylation sites (tertiary alicyclic amines) is 1. The van der Waals surface area contributed by atoms with Gasteiger partial charge in [0.1, 0.15) is 0 Å². The van der Waals surface area contributed by atoms with Gasteiger partial charge in [-0.2, -0.15) is 5.26 Å². The Morgan fingerprint density at radius 3 is 2.94 bits per heavy atom. The summed E-state index contributed by atoms with van der Waals surface area (Å²) >= 11 is 0. The molecule has 0 amide bonds. The van der Waals surface area contributed by atoms with Crippen molar-refractivity contribution < 1.29 is 14.9 Å². The van der Waals surface area contributed by atoms with Crippen molar-refractivity contribution in [3.05, 3.63) is 58.3 Å². The second-order valence-corrected chi connectivity index (χ2v) is 10.8. The van der Waals surface area contributed by atoms with Gasteiger partial charge in [0.05, 0.1) is 28.3 Å². The summed E-state index contributed by atoms with van der Waals surface area (Å²) in [5, 5.41) is 34.0. The summed E-state index contributed by atoms with van der Waals surface area (Å²) in [5.74, 6) is 1.46. The monoisotopic (exact) mass is 439 g/mol. The number of benzene rings is 2. The summed E-state index contributed by atoms with van der Waals surface area (Å²) < 4.78 is 6.59. The molecule has 2 aromatic carbocycles. The van der Waals surface area contributed by atoms with Crippen molar-refractivity contribution in [3.63, 3.8) is 0 Å². The quantitative estimate of drug-likeness (QED) is 0.569. The number of hydrogen-bond donors (Lipinski definition) is 3. The normalized spacial score (nSPS) is 33.3. The zero-order valence-electron chi connectivity index (χ0n) is 18.3. The molecule has 5 aliphatic rings. The van der Waals surface area contributed by atoms with Crippen molar-refractivity contribution in [2.45, 2.75) is 55.3 Å². The Kier molecular flexibility index (Phi) is 3.20. The minimum Gasteiger partial charge on any atom is -0.504 e. The Morgan fingerprint density at radius 2 is 2.12 bits per heavy atom. The number of phenolic OH excluding ortho intramolecular Hbond substituents is 1. The number of piperidine rings is 1. The number of aromatic amines is 1. The van der Waals surface area contributed by atoms with E-state index in [1.165, 1.54) is 18.4 Å². The molecule has 6 heteroatoms. The number of ether oxygens (including phenoxy) is 1. The Hall–Kier alpha value is -3.01. The summed E-state index contributed by atoms with van der Waals surface area (Å²) in [6, 6.07) is 11.8. The van der Waals surface area contributed by atoms with Crippen LogP contribution in [-0.2, 0) is 18.3 Å². The molecule has 1 saturated heterocycles. The molecule has 166 valence electrons. The smallest absolute Gasteiger partial charge is 0.166 e. The molecular weight excluding hydrogens is 414 g/mol. The maximum Gasteiger partial charge on any atom is 0.166 e. The van der Waals surface area contributed by atoms with Crippen molar-refractivity contribution in [1.29, 1.82) is 5.26 Å². The number of phenols is 1. The van der Waals surface area contributed by atoms with Crippen LogP contribution in [0, 0.1) is 17.2 Å². The summed E-state index contributed by atoms with van der Waals surface area (Å²) in [7, 11) is 0. The second-order valence-electron chi connectivity index (χ2n) is 10.8. The Labute approximate surface area is 191 Å². The summed E-state index contributed by atoms with van der Waals surface area (Å²) in [4.78, 5) is 6.12. The average Bonchev–Trinajstić information content (AvgIpc) is 3.45. The van der Waals surface area contributed by atoms with Crippen molar-refractivity contribution in [2.24, 2.45) is 5.92 Å². The molecule has 0 unspecified atom stereocenters. The van der Waals surface area contributed by atoms with Crippen LogP contribution in [0.2, 0.25) is 0 Å². The predicted molar refractivity (Wildman–Crippen MR) is 121 cm³/mol. The maximum absolute atomic E-state index is 12.8. The zero-order valence-corrected chi connectivity index (χ0v) is 18.3. The van der Waals surface area contributed by atoms with Crippen molar-refractivity contribution in [3.8, 4) is 17.6 Å². The van der Waals surface area contributed by atoms with E-state index in [1.807, 2.05) is 24.3 Å². The summed E-state index contributed by atoms with van der Waals surface area (Å²) in [6.45, 7) is 1.99. The van der Waals surface area contributed by atoms with Gasteiger partial charge in [-0.3, -0.25) is 4.90 Å². The number of aliphatic hydroxyl groups is 1. The molecule has 4 atom stereocenters. The summed E-state index contributed by atoms with van der Waals surface area (Å²) in [5.41, 5.74) is 4.28. The van der Waals surface area contributed by atoms with Gasteiger partial charge in [-0.05, 0) is 73.5 Å². The molecule has 1 aromatic heterocycles. The van der Waals surface area contributed by atoms with Gasteiger partial charge in [0.2, 0.25) is 0 Å². The molecule has 1 spiro atoms. The van der Waals surface area contributed by atoms with Crippen LogP contribution < -0.4 is 4.74 Å². The first-order valence-electron chi connectivity index (χ1n) is 12.1. The lowest BCUT2D eigenvalue weighted by molar-refractivity contribution is -0.173. The van der Waals surface area contributed by atoms with E-state index < -0.39 is 11.0 Å². The minimum atomic E-state index is -0.998. The number of nitriles is 1. The SMILES string of the molecule is N#Cc1ccc2[nH]c3c(c2c1)C[C@@]1(O)[C@@H]2Cc4ccc(O)c5c4[C@@]1(CCN2CC1CC1)[C@H]3O5. The van der Waals surface area contributed by atoms with Crippen LogP contribution in [0.5, 0.6) is 11.5 Å². The van der Waals surface area contributed by atoms with Crippen molar-refractivity contribution in [1.82, 2.24) is 9.88 Å². The molecule has 6 nitrogen and oxygen atoms in total. The molecule has 33 heavy (non-hydrogen) atoms. The van der Waals surface area contributed by atoms with Crippen LogP contribution in [0.1, 0.15) is 53.3 Å². The number of nitrogens with one attached hydrogen (secondary N) is 1. The van der Waals surface area contributed by atoms with Gasteiger partial charge in [0.15, 0.2) is 17.6 Å². The molecule has 1 saturated carbocycles. The third-order valence-corrected chi connectivity index (χ3v) is 9.29. The van der Waals surface area contributed by atoms with Crippen LogP contribution in [0.15, 0.2) is 30.3 Å². The number of aromatic nitrogens is 1. The molecular formula is C27H25N3O3. The first-order chi connectivity index (χ1) is 16.0. The molecule has 2 fully saturated rings. The lowest BCUT2D eigenvalue weighted by Crippen LogP contribution is -2.74. The van der Waals surface area contributed by atoms with Gasteiger partial charge >= 0.3 is 0 Å². The van der Waals surface area contributed by atoms with Crippen molar-refractivity contribution >= 4 is 10.9 Å². The standard InChI is InChI=1S/C27H25N3O3/c28-12-15-3-5-19-17(9-15)18-11-27(32)21-10-16-4-6-20(31)24-22(16)26(27,25(33-24)23(18)29-19)7-8-30(21)13-14-1-2-14/h3-6,9,14,21,25,29,31-32H,1-2,7-8,10-11,13H2/t21-,25-,26-,27+/m0/s1. The number of H-pyrrole nitrogens is 1. The fourth-order valence-corrected chi connectivity index (χ4v) is 7.69. The lowest BCUT2D eigenvalue weighted by atomic mass is 9.49. The van der Waals surface area contributed by atoms with Gasteiger partial charge in [0, 0.05) is 35.5 Å². The number of fused-ring (bicyclic) bond motifs is 4. The zero-order chi connectivity index (χ0) is 22.1. The molecule has 0 radical (unpaired) electrons. The van der Waals surface area contributed by atoms with E-state index >= 15 is 0 Å². The summed E-state index contributed by atoms with van der Waals surface area (Å²) in [6.07, 6.45) is 4.30. The van der Waals surface area contributed by atoms with E-state index in [4.69, 9.17) is 4.74 Å². The van der Waals surface area contributed by atoms with E-state index in [9.17, 15) is 15.5 Å². The third kappa shape index (κ3) is 2.03. The van der Waals surface area contributed by atoms with E-state index in [0.29, 0.717) is 17.7 Å². The Balaban J connectivity index is 1.41. The number of nitrogens with zero attached hydrogens (tertiary/aromatic N) is 2. The highest BCUT2D eigenvalue weighted by Crippen LogP contribution is 2.69. The van der Waals surface area contributed by atoms with Crippen LogP contribution in [0.3, 0.4) is 0 Å². The maximum atomic E-state index is 12.8. The molecule has 3 aromatic rings. The highest BCUT2D eigenvalue weighted by Gasteiger charge is 2.72. The lowest BCUT2D eigenvalue weighted by Gasteiger charge is -2.62. The van der Waals surface area contributed by atoms with Crippen LogP contribution in [-0.4, -0.2) is 44.8 Å². The molecule has 8 rings (SSSR count). The van der Waals surface area contributed by atoms with Crippen molar-refractivity contribution in [2.75, 3.05) is 13.1 Å². The van der Waals surface area contributed by atoms with Crippen LogP contribution in [0.25, 0.3) is 10.9 Å². The van der Waals surface area contributed by atoms with E-state index in [-0.39, 0.29) is 17.9 Å². The average molecular weight is 440 g/mol. The van der Waals surface area contributed by atoms with Gasteiger partial charge < -0.3 is 19.9 Å². The molecule has 3 heterocycles. The molecule has 2 aliphatic heterocycles. The van der Waals surface area contributed by atoms with Gasteiger partial charge in [0.25, 0.3) is 0 Å². The molecule has 3 aliphatic carbocycles. The van der Waals surface area contributed by atoms with Gasteiger partial charge in [-0.25, -0.2) is 0 Å². The molecule has 3 N–H and O–H groups in total. The first kappa shape index (κ1) is 18.4. The largest absolute Gasteiger partial charge is 0.504 e. The van der Waals surface area contributed by atoms with Crippen LogP contribution in [0.4, 0.5) is 0 Å². The Morgan fingerprint density at radius 1 is 1.24 bits per heavy atom. The predicted octanol–water partition coefficient (Wildman–Crippen LogP) is 3.44. The van der Waals surface area contributed by atoms with E-state index in [2.05, 4.69) is 16.0 Å². The van der Waals surface area contributed by atoms with Gasteiger partial charge in [-0.15, -0.1) is 0 Å². The minimum absolute atomic E-state index is 0.0122. The number of rotatable bonds is 2. The van der Waals surface area contributed by atoms with Crippen LogP contribution >= 0.6 is 0 Å². The topological polar surface area (TPSA) is 92.5 Å². The molecule has 2 bridgehead atoms. The van der Waals surface area contributed by atoms with Gasteiger partial charge in [-0.1, -0.05) is 6.07 Å². The van der Waals surface area contributed by atoms with E-state index in [1.54, 1.807) is 6.07 Å². The number of aromatic hydroxyl groups is 1. The fourth-order valence-electron chi connectivity index (χ4n) is 7.69. The second kappa shape index (κ2) is 5.72. The van der Waals surface area contributed by atoms with E-state index in [0.717, 1.165) is 59.6 Å². The fraction of sp³-hybridized carbons (Fsp3) is 0.444. The highest BCUT2D eigenvalue weighted by molar-refractivity contribution is 5.87. The first-order valence-corrected chi connectivity index (χ1v) is 12.1. The third-order valence-electron chi connectivity index (χ3n) is 9.29. The number of hydrogen-bond acceptors (Lipinski definition) is 5.